The summed E-state index contributed by atoms with van der Waals surface area (Å²) in [5.74, 6) is -0.0793. The summed E-state index contributed by atoms with van der Waals surface area (Å²) in [6, 6.07) is 5.74. The number of hydrogen-bond donors (Lipinski definition) is 2. The van der Waals surface area contributed by atoms with Gasteiger partial charge in [-0.1, -0.05) is 0 Å². The Bertz CT molecular complexity index is 1010. The van der Waals surface area contributed by atoms with Crippen molar-refractivity contribution in [3.8, 4) is 11.3 Å². The van der Waals surface area contributed by atoms with Crippen LogP contribution in [0.2, 0.25) is 0 Å². The zero-order chi connectivity index (χ0) is 20.2. The molecule has 1 unspecified atom stereocenters. The van der Waals surface area contributed by atoms with E-state index in [4.69, 9.17) is 11.5 Å². The minimum absolute atomic E-state index is 0.119. The molecule has 4 N–H and O–H groups in total. The molecule has 3 aromatic rings. The Hall–Kier alpha value is -3.39. The van der Waals surface area contributed by atoms with E-state index in [1.165, 1.54) is 0 Å². The van der Waals surface area contributed by atoms with Gasteiger partial charge in [0.25, 0.3) is 0 Å². The van der Waals surface area contributed by atoms with Gasteiger partial charge >= 0.3 is 0 Å². The third-order valence-electron chi connectivity index (χ3n) is 5.05. The van der Waals surface area contributed by atoms with Crippen molar-refractivity contribution >= 4 is 17.3 Å². The Balaban J connectivity index is 1.61. The zero-order valence-corrected chi connectivity index (χ0v) is 16.0. The van der Waals surface area contributed by atoms with Crippen LogP contribution in [0.1, 0.15) is 28.9 Å². The van der Waals surface area contributed by atoms with Crippen LogP contribution in [0.5, 0.6) is 0 Å². The highest BCUT2D eigenvalue weighted by Crippen LogP contribution is 2.25. The first kappa shape index (κ1) is 18.9. The van der Waals surface area contributed by atoms with Gasteiger partial charge in [-0.25, -0.2) is 9.97 Å². The van der Waals surface area contributed by atoms with Gasteiger partial charge in [-0.15, -0.1) is 0 Å². The molecule has 4 rings (SSSR count). The quantitative estimate of drug-likeness (QED) is 0.634. The maximum absolute atomic E-state index is 13.0. The van der Waals surface area contributed by atoms with E-state index in [9.17, 15) is 4.79 Å². The van der Waals surface area contributed by atoms with Crippen LogP contribution in [0.15, 0.2) is 49.2 Å². The molecule has 29 heavy (non-hydrogen) atoms. The number of rotatable bonds is 5. The SMILES string of the molecule is Nc1ncc(-c2cccnc2)nc1C(=O)Cc1cnccc1N1CCCC(N)C1. The van der Waals surface area contributed by atoms with Crippen LogP contribution in [0, 0.1) is 0 Å². The first-order valence-electron chi connectivity index (χ1n) is 9.61. The Kier molecular flexibility index (Phi) is 5.44. The number of carbonyl (C=O) groups excluding carboxylic acids is 1. The molecule has 0 saturated carbocycles. The predicted molar refractivity (Wildman–Crippen MR) is 111 cm³/mol. The Morgan fingerprint density at radius 3 is 2.83 bits per heavy atom. The van der Waals surface area contributed by atoms with Crippen LogP contribution < -0.4 is 16.4 Å². The summed E-state index contributed by atoms with van der Waals surface area (Å²) in [4.78, 5) is 32.2. The summed E-state index contributed by atoms with van der Waals surface area (Å²) in [5.41, 5.74) is 15.4. The molecule has 0 aliphatic carbocycles. The molecular weight excluding hydrogens is 366 g/mol. The number of hydrogen-bond acceptors (Lipinski definition) is 8. The van der Waals surface area contributed by atoms with Gasteiger partial charge in [0.2, 0.25) is 0 Å². The highest BCUT2D eigenvalue weighted by atomic mass is 16.1. The van der Waals surface area contributed by atoms with Crippen LogP contribution in [0.3, 0.4) is 0 Å². The average Bonchev–Trinajstić information content (AvgIpc) is 2.75. The van der Waals surface area contributed by atoms with E-state index in [1.54, 1.807) is 37.1 Å². The van der Waals surface area contributed by atoms with Crippen molar-refractivity contribution in [1.82, 2.24) is 19.9 Å². The molecule has 0 amide bonds. The second kappa shape index (κ2) is 8.32. The minimum atomic E-state index is -0.198. The summed E-state index contributed by atoms with van der Waals surface area (Å²) in [6.45, 7) is 1.68. The number of aromatic nitrogens is 4. The van der Waals surface area contributed by atoms with Gasteiger partial charge < -0.3 is 16.4 Å². The summed E-state index contributed by atoms with van der Waals surface area (Å²) in [5, 5.41) is 0. The van der Waals surface area contributed by atoms with Crippen LogP contribution >= 0.6 is 0 Å². The van der Waals surface area contributed by atoms with Crippen LogP contribution in [0.25, 0.3) is 11.3 Å². The zero-order valence-electron chi connectivity index (χ0n) is 16.0. The molecule has 1 aliphatic rings. The van der Waals surface area contributed by atoms with Gasteiger partial charge in [0, 0.05) is 67.2 Å². The topological polar surface area (TPSA) is 124 Å². The number of Topliss-reactive ketones (excluding diaryl/α,β-unsaturated/α-hetero) is 1. The highest BCUT2D eigenvalue weighted by molar-refractivity contribution is 6.00. The van der Waals surface area contributed by atoms with E-state index in [0.29, 0.717) is 5.69 Å². The second-order valence-electron chi connectivity index (χ2n) is 7.18. The molecule has 0 radical (unpaired) electrons. The number of nitrogens with zero attached hydrogens (tertiary/aromatic N) is 5. The summed E-state index contributed by atoms with van der Waals surface area (Å²) in [6.07, 6.45) is 10.6. The van der Waals surface area contributed by atoms with Gasteiger partial charge in [-0.05, 0) is 31.0 Å². The molecule has 0 aromatic carbocycles. The van der Waals surface area contributed by atoms with Crippen molar-refractivity contribution in [1.29, 1.82) is 0 Å². The van der Waals surface area contributed by atoms with Crippen molar-refractivity contribution in [3.05, 3.63) is 60.4 Å². The summed E-state index contributed by atoms with van der Waals surface area (Å²) < 4.78 is 0. The normalized spacial score (nSPS) is 16.6. The van der Waals surface area contributed by atoms with Crippen molar-refractivity contribution in [2.75, 3.05) is 23.7 Å². The van der Waals surface area contributed by atoms with E-state index < -0.39 is 0 Å². The molecule has 1 atom stereocenters. The lowest BCUT2D eigenvalue weighted by atomic mass is 10.0. The van der Waals surface area contributed by atoms with E-state index in [2.05, 4.69) is 24.8 Å². The van der Waals surface area contributed by atoms with Crippen molar-refractivity contribution in [2.45, 2.75) is 25.3 Å². The fourth-order valence-corrected chi connectivity index (χ4v) is 3.61. The molecule has 1 saturated heterocycles. The smallest absolute Gasteiger partial charge is 0.189 e. The third-order valence-corrected chi connectivity index (χ3v) is 5.05. The molecule has 1 aliphatic heterocycles. The molecule has 8 heteroatoms. The molecule has 1 fully saturated rings. The van der Waals surface area contributed by atoms with Gasteiger partial charge in [0.05, 0.1) is 11.9 Å². The molecule has 148 valence electrons. The summed E-state index contributed by atoms with van der Waals surface area (Å²) >= 11 is 0. The average molecular weight is 389 g/mol. The van der Waals surface area contributed by atoms with Crippen molar-refractivity contribution < 1.29 is 4.79 Å². The van der Waals surface area contributed by atoms with E-state index in [0.717, 1.165) is 42.7 Å². The maximum Gasteiger partial charge on any atom is 0.189 e. The monoisotopic (exact) mass is 389 g/mol. The first-order chi connectivity index (χ1) is 14.1. The van der Waals surface area contributed by atoms with Crippen LogP contribution in [-0.4, -0.2) is 44.9 Å². The van der Waals surface area contributed by atoms with Crippen molar-refractivity contribution in [3.63, 3.8) is 0 Å². The fraction of sp³-hybridized carbons (Fsp3) is 0.286. The van der Waals surface area contributed by atoms with Gasteiger partial charge in [-0.3, -0.25) is 14.8 Å². The molecular formula is C21H23N7O. The number of anilines is 2. The standard InChI is InChI=1S/C21H23N7O/c22-16-4-2-8-28(13-16)18-5-7-25-11-15(18)9-19(29)20-21(23)26-12-17(27-20)14-3-1-6-24-10-14/h1,3,5-7,10-12,16H,2,4,8-9,13,22H2,(H2,23,26). The first-order valence-corrected chi connectivity index (χ1v) is 9.61. The number of ketones is 1. The maximum atomic E-state index is 13.0. The third kappa shape index (κ3) is 4.22. The Morgan fingerprint density at radius 1 is 1.17 bits per heavy atom. The number of pyridine rings is 2. The van der Waals surface area contributed by atoms with Crippen molar-refractivity contribution in [2.24, 2.45) is 5.73 Å². The van der Waals surface area contributed by atoms with Gasteiger partial charge in [-0.2, -0.15) is 0 Å². The van der Waals surface area contributed by atoms with E-state index >= 15 is 0 Å². The van der Waals surface area contributed by atoms with E-state index in [-0.39, 0.29) is 29.8 Å². The number of piperidine rings is 1. The number of carbonyl (C=O) groups is 1. The minimum Gasteiger partial charge on any atom is -0.382 e. The molecule has 0 spiro atoms. The van der Waals surface area contributed by atoms with Gasteiger partial charge in [0.15, 0.2) is 11.6 Å². The van der Waals surface area contributed by atoms with Gasteiger partial charge in [0.1, 0.15) is 5.69 Å². The van der Waals surface area contributed by atoms with Crippen LogP contribution in [-0.2, 0) is 6.42 Å². The fourth-order valence-electron chi connectivity index (χ4n) is 3.61. The lowest BCUT2D eigenvalue weighted by Gasteiger charge is -2.33. The Labute approximate surface area is 169 Å². The highest BCUT2D eigenvalue weighted by Gasteiger charge is 2.22. The molecule has 4 heterocycles. The van der Waals surface area contributed by atoms with Crippen LogP contribution in [0.4, 0.5) is 11.5 Å². The van der Waals surface area contributed by atoms with E-state index in [1.807, 2.05) is 12.1 Å². The lowest BCUT2D eigenvalue weighted by Crippen LogP contribution is -2.43. The Morgan fingerprint density at radius 2 is 2.03 bits per heavy atom. The number of nitrogens with two attached hydrogens (primary N) is 2. The molecule has 0 bridgehead atoms. The summed E-state index contributed by atoms with van der Waals surface area (Å²) in [7, 11) is 0. The predicted octanol–water partition coefficient (Wildman–Crippen LogP) is 1.87. The largest absolute Gasteiger partial charge is 0.382 e. The molecule has 3 aromatic heterocycles. The molecule has 8 nitrogen and oxygen atoms in total. The lowest BCUT2D eigenvalue weighted by molar-refractivity contribution is 0.0989. The second-order valence-corrected chi connectivity index (χ2v) is 7.18. The number of nitrogen functional groups attached to an aromatic ring is 1.